The lowest BCUT2D eigenvalue weighted by molar-refractivity contribution is 0.0716. The van der Waals surface area contributed by atoms with Crippen LogP contribution in [0.4, 0.5) is 0 Å². The fourth-order valence-corrected chi connectivity index (χ4v) is 3.60. The van der Waals surface area contributed by atoms with E-state index in [2.05, 4.69) is 4.98 Å². The highest BCUT2D eigenvalue weighted by Gasteiger charge is 2.24. The van der Waals surface area contributed by atoms with Gasteiger partial charge in [0.15, 0.2) is 0 Å². The van der Waals surface area contributed by atoms with Crippen molar-refractivity contribution >= 4 is 23.2 Å². The number of hydrogen-bond donors (Lipinski definition) is 1. The van der Waals surface area contributed by atoms with Crippen LogP contribution in [0.2, 0.25) is 0 Å². The minimum absolute atomic E-state index is 0.0251. The van der Waals surface area contributed by atoms with Gasteiger partial charge in [-0.1, -0.05) is 17.7 Å². The molecule has 2 amide bonds. The Bertz CT molecular complexity index is 774. The number of thiazole rings is 1. The predicted octanol–water partition coefficient (Wildman–Crippen LogP) is 1.90. The largest absolute Gasteiger partial charge is 0.337 e. The maximum atomic E-state index is 12.7. The third kappa shape index (κ3) is 4.05. The van der Waals surface area contributed by atoms with Gasteiger partial charge in [-0.25, -0.2) is 4.98 Å². The van der Waals surface area contributed by atoms with Gasteiger partial charge < -0.3 is 15.5 Å². The van der Waals surface area contributed by atoms with Crippen LogP contribution in [0.15, 0.2) is 29.6 Å². The van der Waals surface area contributed by atoms with Crippen molar-refractivity contribution in [1.29, 1.82) is 0 Å². The number of aryl methyl sites for hydroxylation is 1. The Morgan fingerprint density at radius 2 is 1.88 bits per heavy atom. The summed E-state index contributed by atoms with van der Waals surface area (Å²) in [7, 11) is 0. The third-order valence-corrected chi connectivity index (χ3v) is 5.15. The van der Waals surface area contributed by atoms with E-state index in [1.165, 1.54) is 11.3 Å². The van der Waals surface area contributed by atoms with Crippen molar-refractivity contribution in [3.05, 3.63) is 51.5 Å². The SMILES string of the molecule is Cc1cccc(C(=O)N2CCCN(C(=O)c3csc(CN)n3)CC2)c1. The molecule has 3 rings (SSSR count). The summed E-state index contributed by atoms with van der Waals surface area (Å²) in [5.74, 6) is -0.0575. The highest BCUT2D eigenvalue weighted by Crippen LogP contribution is 2.15. The second-order valence-corrected chi connectivity index (χ2v) is 7.08. The monoisotopic (exact) mass is 358 g/mol. The van der Waals surface area contributed by atoms with Crippen molar-refractivity contribution in [2.24, 2.45) is 5.73 Å². The Labute approximate surface area is 151 Å². The second-order valence-electron chi connectivity index (χ2n) is 6.14. The normalized spacial score (nSPS) is 15.1. The molecular formula is C18H22N4O2S. The van der Waals surface area contributed by atoms with E-state index in [0.29, 0.717) is 44.0 Å². The van der Waals surface area contributed by atoms with E-state index >= 15 is 0 Å². The number of carbonyl (C=O) groups excluding carboxylic acids is 2. The quantitative estimate of drug-likeness (QED) is 0.909. The minimum Gasteiger partial charge on any atom is -0.337 e. The van der Waals surface area contributed by atoms with Crippen molar-refractivity contribution in [2.45, 2.75) is 19.9 Å². The number of rotatable bonds is 3. The molecule has 1 aromatic heterocycles. The summed E-state index contributed by atoms with van der Waals surface area (Å²) in [5.41, 5.74) is 7.78. The Balaban J connectivity index is 1.65. The van der Waals surface area contributed by atoms with Gasteiger partial charge in [0.05, 0.1) is 0 Å². The van der Waals surface area contributed by atoms with Crippen molar-refractivity contribution in [3.8, 4) is 0 Å². The van der Waals surface area contributed by atoms with E-state index in [0.717, 1.165) is 17.0 Å². The number of hydrogen-bond acceptors (Lipinski definition) is 5. The van der Waals surface area contributed by atoms with Gasteiger partial charge in [0.2, 0.25) is 0 Å². The average molecular weight is 358 g/mol. The molecule has 2 heterocycles. The van der Waals surface area contributed by atoms with Crippen LogP contribution in [0.25, 0.3) is 0 Å². The molecule has 0 aliphatic carbocycles. The Kier molecular flexibility index (Phi) is 5.45. The van der Waals surface area contributed by atoms with Crippen molar-refractivity contribution in [3.63, 3.8) is 0 Å². The topological polar surface area (TPSA) is 79.5 Å². The number of aromatic nitrogens is 1. The van der Waals surface area contributed by atoms with Gasteiger partial charge in [0.25, 0.3) is 11.8 Å². The van der Waals surface area contributed by atoms with E-state index in [1.807, 2.05) is 36.1 Å². The number of carbonyl (C=O) groups is 2. The summed E-state index contributed by atoms with van der Waals surface area (Å²) >= 11 is 1.40. The number of nitrogens with zero attached hydrogens (tertiary/aromatic N) is 3. The molecule has 1 aromatic carbocycles. The first-order valence-electron chi connectivity index (χ1n) is 8.38. The van der Waals surface area contributed by atoms with Gasteiger partial charge >= 0.3 is 0 Å². The Morgan fingerprint density at radius 1 is 1.16 bits per heavy atom. The molecule has 132 valence electrons. The van der Waals surface area contributed by atoms with Crippen LogP contribution in [0.3, 0.4) is 0 Å². The minimum atomic E-state index is -0.0826. The molecule has 1 aliphatic rings. The number of benzene rings is 1. The molecule has 2 N–H and O–H groups in total. The molecule has 0 unspecified atom stereocenters. The molecule has 1 saturated heterocycles. The van der Waals surface area contributed by atoms with Crippen LogP contribution < -0.4 is 5.73 Å². The number of nitrogens with two attached hydrogens (primary N) is 1. The maximum Gasteiger partial charge on any atom is 0.273 e. The van der Waals surface area contributed by atoms with Gasteiger partial charge in [-0.05, 0) is 25.5 Å². The summed E-state index contributed by atoms with van der Waals surface area (Å²) in [6, 6.07) is 7.61. The Morgan fingerprint density at radius 3 is 2.52 bits per heavy atom. The zero-order chi connectivity index (χ0) is 17.8. The fourth-order valence-electron chi connectivity index (χ4n) is 2.95. The predicted molar refractivity (Wildman–Crippen MR) is 97.6 cm³/mol. The van der Waals surface area contributed by atoms with E-state index in [-0.39, 0.29) is 11.8 Å². The molecule has 0 spiro atoms. The van der Waals surface area contributed by atoms with E-state index < -0.39 is 0 Å². The highest BCUT2D eigenvalue weighted by molar-refractivity contribution is 7.09. The van der Waals surface area contributed by atoms with Crippen LogP contribution in [-0.2, 0) is 6.54 Å². The van der Waals surface area contributed by atoms with Crippen LogP contribution in [0.5, 0.6) is 0 Å². The van der Waals surface area contributed by atoms with E-state index in [4.69, 9.17) is 5.73 Å². The second kappa shape index (κ2) is 7.76. The molecule has 1 fully saturated rings. The molecule has 7 heteroatoms. The average Bonchev–Trinajstić information content (AvgIpc) is 2.97. The van der Waals surface area contributed by atoms with Crippen molar-refractivity contribution < 1.29 is 9.59 Å². The molecule has 0 atom stereocenters. The Hall–Kier alpha value is -2.25. The first-order chi connectivity index (χ1) is 12.1. The summed E-state index contributed by atoms with van der Waals surface area (Å²) < 4.78 is 0. The zero-order valence-electron chi connectivity index (χ0n) is 14.3. The van der Waals surface area contributed by atoms with Crippen LogP contribution >= 0.6 is 11.3 Å². The first kappa shape index (κ1) is 17.6. The lowest BCUT2D eigenvalue weighted by Crippen LogP contribution is -2.37. The summed E-state index contributed by atoms with van der Waals surface area (Å²) in [6.07, 6.45) is 0.761. The zero-order valence-corrected chi connectivity index (χ0v) is 15.1. The van der Waals surface area contributed by atoms with E-state index in [9.17, 15) is 9.59 Å². The van der Waals surface area contributed by atoms with Gasteiger partial charge in [0, 0.05) is 43.7 Å². The standard InChI is InChI=1S/C18H22N4O2S/c1-13-4-2-5-14(10-13)17(23)21-6-3-7-22(9-8-21)18(24)15-12-25-16(11-19)20-15/h2,4-5,10,12H,3,6-9,11,19H2,1H3. The smallest absolute Gasteiger partial charge is 0.273 e. The summed E-state index contributed by atoms with van der Waals surface area (Å²) in [6.45, 7) is 4.66. The first-order valence-corrected chi connectivity index (χ1v) is 9.26. The molecule has 1 aliphatic heterocycles. The molecular weight excluding hydrogens is 336 g/mol. The molecule has 0 radical (unpaired) electrons. The molecule has 2 aromatic rings. The summed E-state index contributed by atoms with van der Waals surface area (Å²) in [4.78, 5) is 33.2. The fraction of sp³-hybridized carbons (Fsp3) is 0.389. The number of amides is 2. The van der Waals surface area contributed by atoms with Crippen molar-refractivity contribution in [2.75, 3.05) is 26.2 Å². The maximum absolute atomic E-state index is 12.7. The van der Waals surface area contributed by atoms with Crippen LogP contribution in [0.1, 0.15) is 37.8 Å². The molecule has 25 heavy (non-hydrogen) atoms. The highest BCUT2D eigenvalue weighted by atomic mass is 32.1. The van der Waals surface area contributed by atoms with Gasteiger partial charge in [-0.3, -0.25) is 9.59 Å². The van der Waals surface area contributed by atoms with Crippen molar-refractivity contribution in [1.82, 2.24) is 14.8 Å². The van der Waals surface area contributed by atoms with E-state index in [1.54, 1.807) is 10.3 Å². The lowest BCUT2D eigenvalue weighted by atomic mass is 10.1. The van der Waals surface area contributed by atoms with Gasteiger partial charge in [0.1, 0.15) is 10.7 Å². The third-order valence-electron chi connectivity index (χ3n) is 4.28. The molecule has 6 nitrogen and oxygen atoms in total. The molecule has 0 bridgehead atoms. The molecule has 0 saturated carbocycles. The van der Waals surface area contributed by atoms with Crippen LogP contribution in [0, 0.1) is 6.92 Å². The van der Waals surface area contributed by atoms with Gasteiger partial charge in [-0.2, -0.15) is 0 Å². The lowest BCUT2D eigenvalue weighted by Gasteiger charge is -2.22. The van der Waals surface area contributed by atoms with Crippen LogP contribution in [-0.4, -0.2) is 52.8 Å². The van der Waals surface area contributed by atoms with Gasteiger partial charge in [-0.15, -0.1) is 11.3 Å². The summed E-state index contributed by atoms with van der Waals surface area (Å²) in [5, 5.41) is 2.51.